The molecule has 3 aromatic heterocycles. The highest BCUT2D eigenvalue weighted by molar-refractivity contribution is 5.87. The fraction of sp³-hybridized carbons (Fsp3) is 0.200. The van der Waals surface area contributed by atoms with Gasteiger partial charge in [-0.2, -0.15) is 5.10 Å². The van der Waals surface area contributed by atoms with Crippen molar-refractivity contribution in [2.75, 3.05) is 31.2 Å². The van der Waals surface area contributed by atoms with Gasteiger partial charge in [0.1, 0.15) is 11.2 Å². The quantitative estimate of drug-likeness (QED) is 0.561. The Bertz CT molecular complexity index is 1070. The Labute approximate surface area is 156 Å². The molecule has 1 aliphatic rings. The van der Waals surface area contributed by atoms with Crippen LogP contribution >= 0.6 is 0 Å². The van der Waals surface area contributed by atoms with E-state index >= 15 is 0 Å². The van der Waals surface area contributed by atoms with Crippen LogP contribution in [0.3, 0.4) is 0 Å². The molecule has 1 fully saturated rings. The van der Waals surface area contributed by atoms with Gasteiger partial charge in [0.05, 0.1) is 24.4 Å². The van der Waals surface area contributed by atoms with Crippen LogP contribution in [0.15, 0.2) is 60.9 Å². The van der Waals surface area contributed by atoms with Gasteiger partial charge in [-0.1, -0.05) is 18.2 Å². The average molecular weight is 358 g/mol. The van der Waals surface area contributed by atoms with Gasteiger partial charge in [-0.3, -0.25) is 4.98 Å². The zero-order chi connectivity index (χ0) is 18.1. The first-order valence-electron chi connectivity index (χ1n) is 8.95. The van der Waals surface area contributed by atoms with Crippen LogP contribution in [0.4, 0.5) is 5.82 Å². The van der Waals surface area contributed by atoms with Crippen molar-refractivity contribution in [3.8, 4) is 17.2 Å². The van der Waals surface area contributed by atoms with Gasteiger partial charge in [0.25, 0.3) is 0 Å². The molecule has 1 saturated heterocycles. The molecule has 134 valence electrons. The molecule has 0 N–H and O–H groups in total. The van der Waals surface area contributed by atoms with Crippen molar-refractivity contribution in [3.05, 3.63) is 60.9 Å². The van der Waals surface area contributed by atoms with Crippen LogP contribution in [0.5, 0.6) is 0 Å². The number of anilines is 1. The van der Waals surface area contributed by atoms with Gasteiger partial charge in [0.15, 0.2) is 11.6 Å². The van der Waals surface area contributed by atoms with Crippen molar-refractivity contribution in [1.29, 1.82) is 0 Å². The van der Waals surface area contributed by atoms with Gasteiger partial charge in [-0.05, 0) is 30.3 Å². The molecule has 4 heterocycles. The lowest BCUT2D eigenvalue weighted by Gasteiger charge is -2.28. The largest absolute Gasteiger partial charge is 0.378 e. The summed E-state index contributed by atoms with van der Waals surface area (Å²) in [5.74, 6) is 1.44. The van der Waals surface area contributed by atoms with Crippen LogP contribution in [0, 0.1) is 0 Å². The second-order valence-electron chi connectivity index (χ2n) is 6.32. The highest BCUT2D eigenvalue weighted by Gasteiger charge is 2.19. The van der Waals surface area contributed by atoms with Gasteiger partial charge in [0.2, 0.25) is 0 Å². The molecule has 1 aliphatic heterocycles. The Balaban J connectivity index is 1.60. The number of para-hydroxylation sites is 1. The van der Waals surface area contributed by atoms with Crippen molar-refractivity contribution < 1.29 is 4.74 Å². The third-order valence-corrected chi connectivity index (χ3v) is 4.59. The Morgan fingerprint density at radius 2 is 1.74 bits per heavy atom. The monoisotopic (exact) mass is 358 g/mol. The summed E-state index contributed by atoms with van der Waals surface area (Å²) < 4.78 is 7.31. The van der Waals surface area contributed by atoms with Crippen LogP contribution in [0.25, 0.3) is 28.2 Å². The Morgan fingerprint density at radius 3 is 2.59 bits per heavy atom. The number of fused-ring (bicyclic) bond motifs is 1. The van der Waals surface area contributed by atoms with Gasteiger partial charge in [0, 0.05) is 25.5 Å². The van der Waals surface area contributed by atoms with E-state index in [1.165, 1.54) is 0 Å². The van der Waals surface area contributed by atoms with Gasteiger partial charge < -0.3 is 9.64 Å². The highest BCUT2D eigenvalue weighted by Crippen LogP contribution is 2.26. The van der Waals surface area contributed by atoms with Crippen LogP contribution in [-0.2, 0) is 4.74 Å². The predicted molar refractivity (Wildman–Crippen MR) is 103 cm³/mol. The number of hydrogen-bond donors (Lipinski definition) is 0. The number of ether oxygens (including phenoxy) is 1. The molecule has 7 nitrogen and oxygen atoms in total. The molecule has 4 aromatic rings. The average Bonchev–Trinajstić information content (AvgIpc) is 3.25. The fourth-order valence-corrected chi connectivity index (χ4v) is 3.23. The molecule has 1 aromatic carbocycles. The molecule has 0 radical (unpaired) electrons. The van der Waals surface area contributed by atoms with Crippen LogP contribution < -0.4 is 4.90 Å². The highest BCUT2D eigenvalue weighted by atomic mass is 16.5. The third-order valence-electron chi connectivity index (χ3n) is 4.59. The van der Waals surface area contributed by atoms with Crippen LogP contribution in [0.2, 0.25) is 0 Å². The Hall–Kier alpha value is -3.32. The first-order valence-corrected chi connectivity index (χ1v) is 8.95. The molecule has 0 amide bonds. The number of nitrogens with zero attached hydrogens (tertiary/aromatic N) is 6. The van der Waals surface area contributed by atoms with Crippen LogP contribution in [-0.4, -0.2) is 51.0 Å². The van der Waals surface area contributed by atoms with E-state index in [-0.39, 0.29) is 0 Å². The SMILES string of the molecule is c1ccc(-n2ccc(-c3nc(N4CCOCC4)c4ncccc4n3)n2)cc1. The smallest absolute Gasteiger partial charge is 0.182 e. The molecule has 0 saturated carbocycles. The first kappa shape index (κ1) is 15.9. The van der Waals surface area contributed by atoms with Crippen molar-refractivity contribution in [1.82, 2.24) is 24.7 Å². The molecule has 5 rings (SSSR count). The lowest BCUT2D eigenvalue weighted by molar-refractivity contribution is 0.122. The van der Waals surface area contributed by atoms with Gasteiger partial charge >= 0.3 is 0 Å². The summed E-state index contributed by atoms with van der Waals surface area (Å²) in [6.07, 6.45) is 3.70. The number of morpholine rings is 1. The van der Waals surface area contributed by atoms with Crippen LogP contribution in [0.1, 0.15) is 0 Å². The first-order chi connectivity index (χ1) is 13.4. The minimum Gasteiger partial charge on any atom is -0.378 e. The second kappa shape index (κ2) is 6.77. The molecule has 0 spiro atoms. The molecule has 27 heavy (non-hydrogen) atoms. The van der Waals surface area contributed by atoms with Crippen molar-refractivity contribution in [2.24, 2.45) is 0 Å². The van der Waals surface area contributed by atoms with Gasteiger partial charge in [-0.25, -0.2) is 14.6 Å². The molecule has 0 unspecified atom stereocenters. The maximum atomic E-state index is 5.48. The predicted octanol–water partition coefficient (Wildman–Crippen LogP) is 2.71. The lowest BCUT2D eigenvalue weighted by Crippen LogP contribution is -2.37. The number of rotatable bonds is 3. The Morgan fingerprint density at radius 1 is 0.889 bits per heavy atom. The molecule has 7 heteroatoms. The normalized spacial score (nSPS) is 14.6. The van der Waals surface area contributed by atoms with E-state index in [0.717, 1.165) is 41.3 Å². The molecule has 0 atom stereocenters. The minimum absolute atomic E-state index is 0.603. The fourth-order valence-electron chi connectivity index (χ4n) is 3.23. The number of pyridine rings is 1. The van der Waals surface area contributed by atoms with E-state index in [0.29, 0.717) is 19.0 Å². The summed E-state index contributed by atoms with van der Waals surface area (Å²) in [6.45, 7) is 2.97. The van der Waals surface area contributed by atoms with E-state index in [4.69, 9.17) is 14.7 Å². The number of aromatic nitrogens is 5. The van der Waals surface area contributed by atoms with E-state index in [1.807, 2.05) is 59.4 Å². The maximum Gasteiger partial charge on any atom is 0.182 e. The molecule has 0 bridgehead atoms. The number of hydrogen-bond acceptors (Lipinski definition) is 6. The molecular weight excluding hydrogens is 340 g/mol. The third kappa shape index (κ3) is 3.02. The maximum absolute atomic E-state index is 5.48. The summed E-state index contributed by atoms with van der Waals surface area (Å²) in [5.41, 5.74) is 3.36. The van der Waals surface area contributed by atoms with E-state index in [1.54, 1.807) is 6.20 Å². The van der Waals surface area contributed by atoms with E-state index < -0.39 is 0 Å². The molecule has 0 aliphatic carbocycles. The summed E-state index contributed by atoms with van der Waals surface area (Å²) in [7, 11) is 0. The second-order valence-corrected chi connectivity index (χ2v) is 6.32. The standard InChI is InChI=1S/C20H18N6O/c1-2-5-15(6-3-1)26-10-8-17(24-26)19-22-16-7-4-9-21-18(16)20(23-19)25-11-13-27-14-12-25/h1-10H,11-14H2. The summed E-state index contributed by atoms with van der Waals surface area (Å²) in [6, 6.07) is 15.8. The van der Waals surface area contributed by atoms with E-state index in [2.05, 4.69) is 15.0 Å². The molecular formula is C20H18N6O. The summed E-state index contributed by atoms with van der Waals surface area (Å²) in [4.78, 5) is 16.2. The lowest BCUT2D eigenvalue weighted by atomic mass is 10.3. The topological polar surface area (TPSA) is 69.0 Å². The summed E-state index contributed by atoms with van der Waals surface area (Å²) >= 11 is 0. The summed E-state index contributed by atoms with van der Waals surface area (Å²) in [5, 5.41) is 4.67. The van der Waals surface area contributed by atoms with Gasteiger partial charge in [-0.15, -0.1) is 0 Å². The zero-order valence-corrected chi connectivity index (χ0v) is 14.7. The van der Waals surface area contributed by atoms with Crippen molar-refractivity contribution >= 4 is 16.9 Å². The van der Waals surface area contributed by atoms with Crippen molar-refractivity contribution in [3.63, 3.8) is 0 Å². The number of benzene rings is 1. The van der Waals surface area contributed by atoms with Crippen molar-refractivity contribution in [2.45, 2.75) is 0 Å². The minimum atomic E-state index is 0.603. The van der Waals surface area contributed by atoms with E-state index in [9.17, 15) is 0 Å². The Kier molecular flexibility index (Phi) is 3.99. The zero-order valence-electron chi connectivity index (χ0n) is 14.7.